The average molecular weight is 232 g/mol. The Morgan fingerprint density at radius 2 is 2.00 bits per heavy atom. The van der Waals surface area contributed by atoms with Crippen molar-refractivity contribution in [3.63, 3.8) is 0 Å². The first-order chi connectivity index (χ1) is 7.95. The summed E-state index contributed by atoms with van der Waals surface area (Å²) in [6.07, 6.45) is 3.79. The van der Waals surface area contributed by atoms with Crippen molar-refractivity contribution in [3.05, 3.63) is 23.8 Å². The normalized spacial score (nSPS) is 12.3. The second-order valence-electron chi connectivity index (χ2n) is 5.47. The van der Waals surface area contributed by atoms with Gasteiger partial charge in [-0.1, -0.05) is 20.8 Å². The van der Waals surface area contributed by atoms with Crippen LogP contribution in [-0.2, 0) is 19.0 Å². The standard InChI is InChI=1S/C13H20N4/c1-13(2,3)11-10-9(6-14-4)7-17(5)12(10)16-8-15-11/h7-8,14H,6H2,1-5H3. The number of rotatable bonds is 2. The lowest BCUT2D eigenvalue weighted by atomic mass is 9.89. The van der Waals surface area contributed by atoms with E-state index in [0.717, 1.165) is 17.9 Å². The number of nitrogens with zero attached hydrogens (tertiary/aromatic N) is 3. The highest BCUT2D eigenvalue weighted by molar-refractivity contribution is 5.83. The van der Waals surface area contributed by atoms with E-state index in [0.29, 0.717) is 0 Å². The Morgan fingerprint density at radius 3 is 2.59 bits per heavy atom. The molecule has 0 unspecified atom stereocenters. The molecule has 2 aromatic rings. The lowest BCUT2D eigenvalue weighted by molar-refractivity contribution is 0.573. The first kappa shape index (κ1) is 12.0. The van der Waals surface area contributed by atoms with Crippen LogP contribution in [0.1, 0.15) is 32.0 Å². The second-order valence-corrected chi connectivity index (χ2v) is 5.47. The van der Waals surface area contributed by atoms with Gasteiger partial charge in [-0.2, -0.15) is 0 Å². The molecule has 0 aliphatic carbocycles. The number of aromatic nitrogens is 3. The SMILES string of the molecule is CNCc1cn(C)c2ncnc(C(C)(C)C)c12. The van der Waals surface area contributed by atoms with Crippen molar-refractivity contribution in [1.82, 2.24) is 19.9 Å². The van der Waals surface area contributed by atoms with Crippen LogP contribution in [0.3, 0.4) is 0 Å². The van der Waals surface area contributed by atoms with E-state index in [-0.39, 0.29) is 5.41 Å². The molecule has 0 atom stereocenters. The van der Waals surface area contributed by atoms with Crippen LogP contribution >= 0.6 is 0 Å². The third-order valence-corrected chi connectivity index (χ3v) is 2.91. The van der Waals surface area contributed by atoms with Gasteiger partial charge in [0, 0.05) is 30.6 Å². The molecule has 4 heteroatoms. The summed E-state index contributed by atoms with van der Waals surface area (Å²) >= 11 is 0. The van der Waals surface area contributed by atoms with Crippen molar-refractivity contribution in [2.24, 2.45) is 7.05 Å². The molecule has 0 aliphatic heterocycles. The summed E-state index contributed by atoms with van der Waals surface area (Å²) < 4.78 is 2.07. The number of fused-ring (bicyclic) bond motifs is 1. The molecule has 2 heterocycles. The van der Waals surface area contributed by atoms with Gasteiger partial charge in [0.15, 0.2) is 0 Å². The molecule has 0 spiro atoms. The molecule has 4 nitrogen and oxygen atoms in total. The first-order valence-corrected chi connectivity index (χ1v) is 5.89. The van der Waals surface area contributed by atoms with E-state index >= 15 is 0 Å². The molecule has 1 N–H and O–H groups in total. The van der Waals surface area contributed by atoms with Crippen LogP contribution in [0.4, 0.5) is 0 Å². The minimum absolute atomic E-state index is 0.0328. The van der Waals surface area contributed by atoms with Gasteiger partial charge in [0.1, 0.15) is 12.0 Å². The summed E-state index contributed by atoms with van der Waals surface area (Å²) in [5.74, 6) is 0. The van der Waals surface area contributed by atoms with E-state index < -0.39 is 0 Å². The molecule has 0 radical (unpaired) electrons. The molecule has 0 aliphatic rings. The molecule has 0 bridgehead atoms. The molecule has 17 heavy (non-hydrogen) atoms. The highest BCUT2D eigenvalue weighted by atomic mass is 15.0. The summed E-state index contributed by atoms with van der Waals surface area (Å²) in [6.45, 7) is 7.40. The topological polar surface area (TPSA) is 42.7 Å². The van der Waals surface area contributed by atoms with Gasteiger partial charge in [-0.15, -0.1) is 0 Å². The maximum Gasteiger partial charge on any atom is 0.143 e. The van der Waals surface area contributed by atoms with Gasteiger partial charge in [-0.05, 0) is 12.6 Å². The van der Waals surface area contributed by atoms with Gasteiger partial charge in [-0.3, -0.25) is 0 Å². The van der Waals surface area contributed by atoms with Crippen LogP contribution in [0.25, 0.3) is 11.0 Å². The van der Waals surface area contributed by atoms with Gasteiger partial charge >= 0.3 is 0 Å². The zero-order chi connectivity index (χ0) is 12.6. The van der Waals surface area contributed by atoms with Gasteiger partial charge in [-0.25, -0.2) is 9.97 Å². The lowest BCUT2D eigenvalue weighted by Gasteiger charge is -2.19. The Kier molecular flexibility index (Phi) is 2.91. The smallest absolute Gasteiger partial charge is 0.143 e. The van der Waals surface area contributed by atoms with Crippen molar-refractivity contribution in [3.8, 4) is 0 Å². The Morgan fingerprint density at radius 1 is 1.29 bits per heavy atom. The van der Waals surface area contributed by atoms with E-state index in [9.17, 15) is 0 Å². The quantitative estimate of drug-likeness (QED) is 0.861. The number of hydrogen-bond acceptors (Lipinski definition) is 3. The second kappa shape index (κ2) is 4.11. The maximum atomic E-state index is 4.48. The first-order valence-electron chi connectivity index (χ1n) is 5.89. The van der Waals surface area contributed by atoms with Crippen molar-refractivity contribution in [2.75, 3.05) is 7.05 Å². The van der Waals surface area contributed by atoms with Gasteiger partial charge in [0.2, 0.25) is 0 Å². The highest BCUT2D eigenvalue weighted by Crippen LogP contribution is 2.30. The molecular formula is C13H20N4. The van der Waals surface area contributed by atoms with E-state index in [2.05, 4.69) is 46.8 Å². The summed E-state index contributed by atoms with van der Waals surface area (Å²) in [4.78, 5) is 8.86. The number of aryl methyl sites for hydroxylation is 1. The van der Waals surface area contributed by atoms with Crippen molar-refractivity contribution in [2.45, 2.75) is 32.7 Å². The fourth-order valence-corrected chi connectivity index (χ4v) is 2.19. The average Bonchev–Trinajstić information content (AvgIpc) is 2.55. The highest BCUT2D eigenvalue weighted by Gasteiger charge is 2.22. The lowest BCUT2D eigenvalue weighted by Crippen LogP contribution is -2.15. The zero-order valence-electron chi connectivity index (χ0n) is 11.2. The van der Waals surface area contributed by atoms with E-state index in [1.165, 1.54) is 10.9 Å². The molecule has 0 saturated carbocycles. The summed E-state index contributed by atoms with van der Waals surface area (Å²) in [7, 11) is 3.99. The van der Waals surface area contributed by atoms with Gasteiger partial charge in [0.05, 0.1) is 5.69 Å². The van der Waals surface area contributed by atoms with Gasteiger partial charge in [0.25, 0.3) is 0 Å². The predicted octanol–water partition coefficient (Wildman–Crippen LogP) is 1.99. The van der Waals surface area contributed by atoms with Crippen LogP contribution in [0.15, 0.2) is 12.5 Å². The molecule has 0 saturated heterocycles. The Hall–Kier alpha value is -1.42. The molecule has 2 aromatic heterocycles. The fourth-order valence-electron chi connectivity index (χ4n) is 2.19. The fraction of sp³-hybridized carbons (Fsp3) is 0.538. The van der Waals surface area contributed by atoms with E-state index in [4.69, 9.17) is 0 Å². The molecule has 2 rings (SSSR count). The number of nitrogens with one attached hydrogen (secondary N) is 1. The summed E-state index contributed by atoms with van der Waals surface area (Å²) in [5.41, 5.74) is 3.42. The maximum absolute atomic E-state index is 4.48. The minimum atomic E-state index is 0.0328. The Labute approximate surface area is 102 Å². The van der Waals surface area contributed by atoms with E-state index in [1.54, 1.807) is 6.33 Å². The van der Waals surface area contributed by atoms with Crippen LogP contribution in [0.5, 0.6) is 0 Å². The molecular weight excluding hydrogens is 212 g/mol. The van der Waals surface area contributed by atoms with Crippen molar-refractivity contribution < 1.29 is 0 Å². The Bertz CT molecular complexity index is 534. The van der Waals surface area contributed by atoms with Crippen LogP contribution < -0.4 is 5.32 Å². The van der Waals surface area contributed by atoms with Crippen molar-refractivity contribution >= 4 is 11.0 Å². The largest absolute Gasteiger partial charge is 0.335 e. The molecule has 0 aromatic carbocycles. The minimum Gasteiger partial charge on any atom is -0.335 e. The molecule has 0 fully saturated rings. The van der Waals surface area contributed by atoms with Crippen molar-refractivity contribution in [1.29, 1.82) is 0 Å². The predicted molar refractivity (Wildman–Crippen MR) is 70.0 cm³/mol. The molecule has 92 valence electrons. The Balaban J connectivity index is 2.76. The monoisotopic (exact) mass is 232 g/mol. The van der Waals surface area contributed by atoms with Crippen LogP contribution in [0, 0.1) is 0 Å². The summed E-state index contributed by atoms with van der Waals surface area (Å²) in [5, 5.41) is 4.39. The number of hydrogen-bond donors (Lipinski definition) is 1. The molecule has 0 amide bonds. The van der Waals surface area contributed by atoms with Crippen LogP contribution in [-0.4, -0.2) is 21.6 Å². The summed E-state index contributed by atoms with van der Waals surface area (Å²) in [6, 6.07) is 0. The van der Waals surface area contributed by atoms with E-state index in [1.807, 2.05) is 14.1 Å². The van der Waals surface area contributed by atoms with Crippen LogP contribution in [0.2, 0.25) is 0 Å². The third-order valence-electron chi connectivity index (χ3n) is 2.91. The van der Waals surface area contributed by atoms with Gasteiger partial charge < -0.3 is 9.88 Å². The third kappa shape index (κ3) is 2.05. The zero-order valence-corrected chi connectivity index (χ0v) is 11.2.